The first-order valence-corrected chi connectivity index (χ1v) is 15.6. The SMILES string of the molecule is CCCCCCCCCCCCCCCCCC(=O)N1CCCCC1CCOC(=O)CCCN(C)C. The van der Waals surface area contributed by atoms with Gasteiger partial charge in [-0.15, -0.1) is 0 Å². The molecule has 1 rings (SSSR count). The van der Waals surface area contributed by atoms with E-state index < -0.39 is 0 Å². The molecule has 0 saturated carbocycles. The number of amides is 1. The standard InChI is InChI=1S/C31H60N2O3/c1-4-5-6-7-8-9-10-11-12-13-14-15-16-17-18-23-30(34)33-27-20-19-22-29(33)25-28-36-31(35)24-21-26-32(2)3/h29H,4-28H2,1-3H3. The lowest BCUT2D eigenvalue weighted by atomic mass is 9.98. The summed E-state index contributed by atoms with van der Waals surface area (Å²) in [6, 6.07) is 0.247. The number of unbranched alkanes of at least 4 members (excludes halogenated alkanes) is 14. The van der Waals surface area contributed by atoms with E-state index in [1.54, 1.807) is 0 Å². The molecule has 1 saturated heterocycles. The molecule has 0 aromatic rings. The molecular weight excluding hydrogens is 448 g/mol. The molecule has 1 atom stereocenters. The summed E-state index contributed by atoms with van der Waals surface area (Å²) in [5, 5.41) is 0. The molecule has 0 radical (unpaired) electrons. The van der Waals surface area contributed by atoms with Crippen LogP contribution in [-0.2, 0) is 14.3 Å². The molecular formula is C31H60N2O3. The first-order chi connectivity index (χ1) is 17.5. The lowest BCUT2D eigenvalue weighted by Crippen LogP contribution is -2.44. The molecule has 0 N–H and O–H groups in total. The van der Waals surface area contributed by atoms with E-state index in [4.69, 9.17) is 4.74 Å². The Morgan fingerprint density at radius 1 is 0.750 bits per heavy atom. The second kappa shape index (κ2) is 23.0. The molecule has 0 aromatic carbocycles. The average Bonchev–Trinajstić information content (AvgIpc) is 2.86. The van der Waals surface area contributed by atoms with Crippen LogP contribution >= 0.6 is 0 Å². The van der Waals surface area contributed by atoms with Crippen molar-refractivity contribution in [2.24, 2.45) is 0 Å². The number of esters is 1. The van der Waals surface area contributed by atoms with Crippen molar-refractivity contribution in [3.05, 3.63) is 0 Å². The van der Waals surface area contributed by atoms with Gasteiger partial charge in [-0.2, -0.15) is 0 Å². The molecule has 0 aromatic heterocycles. The van der Waals surface area contributed by atoms with Crippen LogP contribution < -0.4 is 0 Å². The van der Waals surface area contributed by atoms with Gasteiger partial charge in [0.05, 0.1) is 6.61 Å². The molecule has 0 spiro atoms. The summed E-state index contributed by atoms with van der Waals surface area (Å²) < 4.78 is 5.45. The molecule has 5 nitrogen and oxygen atoms in total. The molecule has 5 heteroatoms. The topological polar surface area (TPSA) is 49.9 Å². The van der Waals surface area contributed by atoms with Crippen molar-refractivity contribution in [1.82, 2.24) is 9.80 Å². The van der Waals surface area contributed by atoms with Gasteiger partial charge in [0.15, 0.2) is 0 Å². The van der Waals surface area contributed by atoms with Crippen LogP contribution in [0.5, 0.6) is 0 Å². The van der Waals surface area contributed by atoms with Crippen LogP contribution in [0, 0.1) is 0 Å². The van der Waals surface area contributed by atoms with Gasteiger partial charge in [0.1, 0.15) is 0 Å². The van der Waals surface area contributed by atoms with Crippen LogP contribution in [0.15, 0.2) is 0 Å². The second-order valence-electron chi connectivity index (χ2n) is 11.4. The molecule has 1 aliphatic heterocycles. The van der Waals surface area contributed by atoms with Gasteiger partial charge >= 0.3 is 5.97 Å². The molecule has 0 bridgehead atoms. The highest BCUT2D eigenvalue weighted by atomic mass is 16.5. The predicted molar refractivity (Wildman–Crippen MR) is 152 cm³/mol. The van der Waals surface area contributed by atoms with E-state index in [1.165, 1.54) is 96.3 Å². The van der Waals surface area contributed by atoms with Gasteiger partial charge < -0.3 is 14.5 Å². The van der Waals surface area contributed by atoms with Gasteiger partial charge in [0.25, 0.3) is 0 Å². The first kappa shape index (κ1) is 32.9. The van der Waals surface area contributed by atoms with Crippen molar-refractivity contribution in [1.29, 1.82) is 0 Å². The zero-order valence-corrected chi connectivity index (χ0v) is 24.4. The summed E-state index contributed by atoms with van der Waals surface area (Å²) in [6.45, 7) is 4.50. The lowest BCUT2D eigenvalue weighted by molar-refractivity contribution is -0.144. The van der Waals surface area contributed by atoms with Crippen LogP contribution in [-0.4, -0.2) is 61.5 Å². The fourth-order valence-corrected chi connectivity index (χ4v) is 5.34. The van der Waals surface area contributed by atoms with Gasteiger partial charge in [0, 0.05) is 31.8 Å². The lowest BCUT2D eigenvalue weighted by Gasteiger charge is -2.36. The summed E-state index contributed by atoms with van der Waals surface area (Å²) >= 11 is 0. The Morgan fingerprint density at radius 2 is 1.31 bits per heavy atom. The zero-order valence-electron chi connectivity index (χ0n) is 24.4. The van der Waals surface area contributed by atoms with Gasteiger partial charge in [-0.3, -0.25) is 9.59 Å². The van der Waals surface area contributed by atoms with E-state index in [2.05, 4.69) is 16.7 Å². The summed E-state index contributed by atoms with van der Waals surface area (Å²) in [5.41, 5.74) is 0. The minimum atomic E-state index is -0.108. The van der Waals surface area contributed by atoms with Crippen LogP contribution in [0.25, 0.3) is 0 Å². The largest absolute Gasteiger partial charge is 0.466 e. The van der Waals surface area contributed by atoms with Crippen LogP contribution in [0.2, 0.25) is 0 Å². The molecule has 1 unspecified atom stereocenters. The third-order valence-corrected chi connectivity index (χ3v) is 7.64. The number of nitrogens with zero attached hydrogens (tertiary/aromatic N) is 2. The third-order valence-electron chi connectivity index (χ3n) is 7.64. The number of hydrogen-bond donors (Lipinski definition) is 0. The maximum atomic E-state index is 12.9. The van der Waals surface area contributed by atoms with Crippen LogP contribution in [0.3, 0.4) is 0 Å². The third kappa shape index (κ3) is 18.2. The Morgan fingerprint density at radius 3 is 1.86 bits per heavy atom. The zero-order chi connectivity index (χ0) is 26.3. The predicted octanol–water partition coefficient (Wildman–Crippen LogP) is 7.90. The Balaban J connectivity index is 2.02. The summed E-state index contributed by atoms with van der Waals surface area (Å²) in [7, 11) is 4.03. The van der Waals surface area contributed by atoms with Crippen molar-refractivity contribution in [3.8, 4) is 0 Å². The van der Waals surface area contributed by atoms with Gasteiger partial charge in [0.2, 0.25) is 5.91 Å². The number of rotatable bonds is 23. The minimum absolute atomic E-state index is 0.108. The van der Waals surface area contributed by atoms with Gasteiger partial charge in [-0.25, -0.2) is 0 Å². The monoisotopic (exact) mass is 508 g/mol. The summed E-state index contributed by atoms with van der Waals surface area (Å²) in [4.78, 5) is 29.0. The van der Waals surface area contributed by atoms with Gasteiger partial charge in [-0.1, -0.05) is 96.8 Å². The highest BCUT2D eigenvalue weighted by molar-refractivity contribution is 5.76. The van der Waals surface area contributed by atoms with Crippen molar-refractivity contribution in [2.45, 2.75) is 154 Å². The Kier molecular flexibility index (Phi) is 21.1. The summed E-state index contributed by atoms with van der Waals surface area (Å²) in [6.07, 6.45) is 26.3. The maximum absolute atomic E-state index is 12.9. The number of hydrogen-bond acceptors (Lipinski definition) is 4. The Bertz CT molecular complexity index is 538. The van der Waals surface area contributed by atoms with Crippen molar-refractivity contribution in [2.75, 3.05) is 33.8 Å². The highest BCUT2D eigenvalue weighted by Gasteiger charge is 2.26. The second-order valence-corrected chi connectivity index (χ2v) is 11.4. The van der Waals surface area contributed by atoms with E-state index in [1.807, 2.05) is 14.1 Å². The Hall–Kier alpha value is -1.10. The molecule has 1 heterocycles. The molecule has 212 valence electrons. The number of likely N-dealkylation sites (tertiary alicyclic amines) is 1. The summed E-state index contributed by atoms with van der Waals surface area (Å²) in [5.74, 6) is 0.204. The van der Waals surface area contributed by atoms with E-state index in [9.17, 15) is 9.59 Å². The fourth-order valence-electron chi connectivity index (χ4n) is 5.34. The number of carbonyl (C=O) groups is 2. The molecule has 1 fully saturated rings. The van der Waals surface area contributed by atoms with E-state index in [-0.39, 0.29) is 12.0 Å². The van der Waals surface area contributed by atoms with E-state index >= 15 is 0 Å². The molecule has 1 aliphatic rings. The van der Waals surface area contributed by atoms with E-state index in [0.29, 0.717) is 25.4 Å². The quantitative estimate of drug-likeness (QED) is 0.104. The number of carbonyl (C=O) groups excluding carboxylic acids is 2. The van der Waals surface area contributed by atoms with Crippen LogP contribution in [0.1, 0.15) is 148 Å². The van der Waals surface area contributed by atoms with Crippen molar-refractivity contribution >= 4 is 11.9 Å². The smallest absolute Gasteiger partial charge is 0.305 e. The fraction of sp³-hybridized carbons (Fsp3) is 0.935. The maximum Gasteiger partial charge on any atom is 0.305 e. The molecule has 36 heavy (non-hydrogen) atoms. The van der Waals surface area contributed by atoms with E-state index in [0.717, 1.165) is 45.2 Å². The highest BCUT2D eigenvalue weighted by Crippen LogP contribution is 2.22. The van der Waals surface area contributed by atoms with Gasteiger partial charge in [-0.05, 0) is 52.7 Å². The first-order valence-electron chi connectivity index (χ1n) is 15.6. The normalized spacial score (nSPS) is 16.0. The molecule has 1 amide bonds. The van der Waals surface area contributed by atoms with Crippen LogP contribution in [0.4, 0.5) is 0 Å². The van der Waals surface area contributed by atoms with Crippen molar-refractivity contribution in [3.63, 3.8) is 0 Å². The number of piperidine rings is 1. The number of ether oxygens (including phenoxy) is 1. The Labute approximate surface area is 224 Å². The minimum Gasteiger partial charge on any atom is -0.466 e. The average molecular weight is 509 g/mol. The van der Waals surface area contributed by atoms with Crippen molar-refractivity contribution < 1.29 is 14.3 Å². The molecule has 0 aliphatic carbocycles.